The van der Waals surface area contributed by atoms with Crippen molar-refractivity contribution < 1.29 is 9.15 Å². The molecule has 0 unspecified atom stereocenters. The van der Waals surface area contributed by atoms with Crippen LogP contribution in [0.25, 0.3) is 11.1 Å². The third-order valence-electron chi connectivity index (χ3n) is 1.70. The molecule has 76 valence electrons. The van der Waals surface area contributed by atoms with Gasteiger partial charge >= 0.3 is 0 Å². The number of methoxy groups -OCH3 is 1. The molecule has 0 atom stereocenters. The lowest BCUT2D eigenvalue weighted by molar-refractivity contribution is 0.415. The number of aryl methyl sites for hydroxylation is 1. The first-order chi connectivity index (χ1) is 6.79. The molecular weight excluding hydrogens is 178 g/mol. The summed E-state index contributed by atoms with van der Waals surface area (Å²) in [5, 5.41) is 0. The summed E-state index contributed by atoms with van der Waals surface area (Å²) >= 11 is 0. The average molecular weight is 193 g/mol. The number of rotatable bonds is 1. The van der Waals surface area contributed by atoms with Gasteiger partial charge in [0.15, 0.2) is 11.5 Å². The van der Waals surface area contributed by atoms with Crippen LogP contribution in [-0.4, -0.2) is 12.1 Å². The van der Waals surface area contributed by atoms with Crippen LogP contribution in [0.2, 0.25) is 0 Å². The van der Waals surface area contributed by atoms with Crippen molar-refractivity contribution in [2.24, 2.45) is 0 Å². The number of aromatic nitrogens is 1. The molecule has 0 spiro atoms. The van der Waals surface area contributed by atoms with Crippen LogP contribution < -0.4 is 4.74 Å². The van der Waals surface area contributed by atoms with Gasteiger partial charge in [0.05, 0.1) is 7.11 Å². The van der Waals surface area contributed by atoms with Gasteiger partial charge in [-0.15, -0.1) is 0 Å². The number of benzene rings is 1. The van der Waals surface area contributed by atoms with Crippen molar-refractivity contribution in [3.05, 3.63) is 24.1 Å². The predicted molar refractivity (Wildman–Crippen MR) is 56.6 cm³/mol. The number of oxazole rings is 1. The molecule has 0 saturated carbocycles. The van der Waals surface area contributed by atoms with Gasteiger partial charge in [0.1, 0.15) is 11.3 Å². The van der Waals surface area contributed by atoms with Crippen LogP contribution in [0, 0.1) is 6.92 Å². The molecule has 0 bridgehead atoms. The van der Waals surface area contributed by atoms with Crippen molar-refractivity contribution >= 4 is 11.1 Å². The van der Waals surface area contributed by atoms with Gasteiger partial charge in [0.25, 0.3) is 0 Å². The van der Waals surface area contributed by atoms with Crippen molar-refractivity contribution in [1.29, 1.82) is 0 Å². The molecule has 1 heterocycles. The fourth-order valence-electron chi connectivity index (χ4n) is 1.15. The van der Waals surface area contributed by atoms with Crippen LogP contribution in [0.4, 0.5) is 0 Å². The first-order valence-corrected chi connectivity index (χ1v) is 4.71. The lowest BCUT2D eigenvalue weighted by Crippen LogP contribution is -1.80. The normalized spacial score (nSPS) is 9.43. The van der Waals surface area contributed by atoms with Gasteiger partial charge in [-0.05, 0) is 12.1 Å². The molecular formula is C11H15NO2. The van der Waals surface area contributed by atoms with E-state index in [1.165, 1.54) is 0 Å². The van der Waals surface area contributed by atoms with Crippen LogP contribution in [-0.2, 0) is 0 Å². The molecule has 3 heteroatoms. The number of fused-ring (bicyclic) bond motifs is 1. The second-order valence-electron chi connectivity index (χ2n) is 2.57. The highest BCUT2D eigenvalue weighted by Crippen LogP contribution is 2.20. The van der Waals surface area contributed by atoms with Crippen LogP contribution in [0.3, 0.4) is 0 Å². The minimum Gasteiger partial charge on any atom is -0.497 e. The number of hydrogen-bond donors (Lipinski definition) is 0. The fourth-order valence-corrected chi connectivity index (χ4v) is 1.15. The zero-order valence-electron chi connectivity index (χ0n) is 9.00. The van der Waals surface area contributed by atoms with Crippen molar-refractivity contribution in [1.82, 2.24) is 4.98 Å². The van der Waals surface area contributed by atoms with E-state index in [4.69, 9.17) is 9.15 Å². The Kier molecular flexibility index (Phi) is 3.51. The fraction of sp³-hybridized carbons (Fsp3) is 0.364. The maximum Gasteiger partial charge on any atom is 0.192 e. The molecule has 0 aliphatic heterocycles. The lowest BCUT2D eigenvalue weighted by atomic mass is 10.3. The average Bonchev–Trinajstić information content (AvgIpc) is 2.59. The smallest absolute Gasteiger partial charge is 0.192 e. The zero-order valence-corrected chi connectivity index (χ0v) is 9.00. The van der Waals surface area contributed by atoms with Gasteiger partial charge in [0.2, 0.25) is 0 Å². The summed E-state index contributed by atoms with van der Waals surface area (Å²) in [6, 6.07) is 5.56. The Labute approximate surface area is 83.7 Å². The predicted octanol–water partition coefficient (Wildman–Crippen LogP) is 3.17. The standard InChI is InChI=1S/C9H9NO2.C2H6/c1-6-10-8-5-7(11-2)3-4-9(8)12-6;1-2/h3-5H,1-2H3;1-2H3. The number of ether oxygens (including phenoxy) is 1. The van der Waals surface area contributed by atoms with E-state index in [0.29, 0.717) is 5.89 Å². The summed E-state index contributed by atoms with van der Waals surface area (Å²) in [4.78, 5) is 4.18. The summed E-state index contributed by atoms with van der Waals surface area (Å²) in [5.74, 6) is 1.48. The van der Waals surface area contributed by atoms with Crippen molar-refractivity contribution in [2.45, 2.75) is 20.8 Å². The van der Waals surface area contributed by atoms with Gasteiger partial charge in [-0.1, -0.05) is 13.8 Å². The van der Waals surface area contributed by atoms with Gasteiger partial charge in [-0.25, -0.2) is 4.98 Å². The second-order valence-corrected chi connectivity index (χ2v) is 2.57. The van der Waals surface area contributed by atoms with E-state index < -0.39 is 0 Å². The summed E-state index contributed by atoms with van der Waals surface area (Å²) in [6.45, 7) is 5.83. The summed E-state index contributed by atoms with van der Waals surface area (Å²) in [6.07, 6.45) is 0. The molecule has 2 rings (SSSR count). The Morgan fingerprint density at radius 2 is 2.00 bits per heavy atom. The van der Waals surface area contributed by atoms with E-state index in [-0.39, 0.29) is 0 Å². The van der Waals surface area contributed by atoms with Crippen molar-refractivity contribution in [3.8, 4) is 5.75 Å². The molecule has 14 heavy (non-hydrogen) atoms. The molecule has 1 aromatic carbocycles. The third kappa shape index (κ3) is 2.05. The molecule has 0 fully saturated rings. The monoisotopic (exact) mass is 193 g/mol. The summed E-state index contributed by atoms with van der Waals surface area (Å²) in [7, 11) is 1.63. The molecule has 0 saturated heterocycles. The molecule has 3 nitrogen and oxygen atoms in total. The van der Waals surface area contributed by atoms with Gasteiger partial charge < -0.3 is 9.15 Å². The Balaban J connectivity index is 0.000000461. The molecule has 2 aromatic rings. The molecule has 0 radical (unpaired) electrons. The van der Waals surface area contributed by atoms with Crippen LogP contribution >= 0.6 is 0 Å². The summed E-state index contributed by atoms with van der Waals surface area (Å²) in [5.41, 5.74) is 1.64. The first kappa shape index (κ1) is 10.6. The minimum absolute atomic E-state index is 0.679. The SMILES string of the molecule is CC.COc1ccc2oc(C)nc2c1. The highest BCUT2D eigenvalue weighted by Gasteiger charge is 2.01. The van der Waals surface area contributed by atoms with E-state index in [0.717, 1.165) is 16.8 Å². The Bertz CT molecular complexity index is 407. The Hall–Kier alpha value is -1.51. The molecule has 0 aliphatic rings. The number of nitrogens with zero attached hydrogens (tertiary/aromatic N) is 1. The van der Waals surface area contributed by atoms with Gasteiger partial charge in [0, 0.05) is 13.0 Å². The zero-order chi connectivity index (χ0) is 10.6. The Morgan fingerprint density at radius 1 is 1.29 bits per heavy atom. The van der Waals surface area contributed by atoms with E-state index in [1.807, 2.05) is 39.0 Å². The second kappa shape index (κ2) is 4.65. The van der Waals surface area contributed by atoms with Gasteiger partial charge in [-0.3, -0.25) is 0 Å². The van der Waals surface area contributed by atoms with E-state index in [9.17, 15) is 0 Å². The van der Waals surface area contributed by atoms with E-state index >= 15 is 0 Å². The topological polar surface area (TPSA) is 35.3 Å². The molecule has 1 aromatic heterocycles. The third-order valence-corrected chi connectivity index (χ3v) is 1.70. The largest absolute Gasteiger partial charge is 0.497 e. The van der Waals surface area contributed by atoms with E-state index in [1.54, 1.807) is 7.11 Å². The molecule has 0 N–H and O–H groups in total. The maximum absolute atomic E-state index is 5.30. The van der Waals surface area contributed by atoms with E-state index in [2.05, 4.69) is 4.98 Å². The quantitative estimate of drug-likeness (QED) is 0.697. The summed E-state index contributed by atoms with van der Waals surface area (Å²) < 4.78 is 10.4. The van der Waals surface area contributed by atoms with Crippen LogP contribution in [0.15, 0.2) is 22.6 Å². The Morgan fingerprint density at radius 3 is 2.64 bits per heavy atom. The molecule has 0 aliphatic carbocycles. The van der Waals surface area contributed by atoms with Crippen LogP contribution in [0.1, 0.15) is 19.7 Å². The first-order valence-electron chi connectivity index (χ1n) is 4.71. The minimum atomic E-state index is 0.679. The highest BCUT2D eigenvalue weighted by atomic mass is 16.5. The molecule has 0 amide bonds. The number of hydrogen-bond acceptors (Lipinski definition) is 3. The van der Waals surface area contributed by atoms with Crippen LogP contribution in [0.5, 0.6) is 5.75 Å². The van der Waals surface area contributed by atoms with Gasteiger partial charge in [-0.2, -0.15) is 0 Å². The van der Waals surface area contributed by atoms with Crippen molar-refractivity contribution in [2.75, 3.05) is 7.11 Å². The highest BCUT2D eigenvalue weighted by molar-refractivity contribution is 5.74. The lowest BCUT2D eigenvalue weighted by Gasteiger charge is -1.95. The maximum atomic E-state index is 5.30. The van der Waals surface area contributed by atoms with Crippen molar-refractivity contribution in [3.63, 3.8) is 0 Å².